The second-order valence-corrected chi connectivity index (χ2v) is 10.6. The van der Waals surface area contributed by atoms with E-state index >= 15 is 4.39 Å². The van der Waals surface area contributed by atoms with Crippen molar-refractivity contribution in [3.05, 3.63) is 50.4 Å². The van der Waals surface area contributed by atoms with Crippen molar-refractivity contribution in [3.63, 3.8) is 0 Å². The highest BCUT2D eigenvalue weighted by Gasteiger charge is 2.61. The summed E-state index contributed by atoms with van der Waals surface area (Å²) in [5.74, 6) is -0.0161. The van der Waals surface area contributed by atoms with Crippen LogP contribution in [0.1, 0.15) is 42.5 Å². The number of nitrogens with one attached hydrogen (secondary N) is 1. The zero-order valence-corrected chi connectivity index (χ0v) is 20.7. The van der Waals surface area contributed by atoms with Gasteiger partial charge in [-0.3, -0.25) is 4.79 Å². The van der Waals surface area contributed by atoms with E-state index in [0.717, 1.165) is 0 Å². The minimum atomic E-state index is -2.17. The molecule has 2 aliphatic carbocycles. The van der Waals surface area contributed by atoms with Gasteiger partial charge in [0.25, 0.3) is 5.91 Å². The second-order valence-electron chi connectivity index (χ2n) is 8.83. The first kappa shape index (κ1) is 24.5. The number of amides is 1. The average Bonchev–Trinajstić information content (AvgIpc) is 2.96. The molecule has 2 saturated carbocycles. The second kappa shape index (κ2) is 8.86. The first-order chi connectivity index (χ1) is 15.4. The average molecular weight is 567 g/mol. The summed E-state index contributed by atoms with van der Waals surface area (Å²) < 4.78 is 56.5. The third-order valence-electron chi connectivity index (χ3n) is 6.09. The summed E-state index contributed by atoms with van der Waals surface area (Å²) in [7, 11) is 1.38. The predicted octanol–water partition coefficient (Wildman–Crippen LogP) is 7.39. The van der Waals surface area contributed by atoms with Crippen LogP contribution in [0.5, 0.6) is 17.2 Å². The molecule has 10 heteroatoms. The minimum absolute atomic E-state index is 0.00248. The molecule has 178 valence electrons. The lowest BCUT2D eigenvalue weighted by atomic mass is 9.75. The topological polar surface area (TPSA) is 47.6 Å². The maximum absolute atomic E-state index is 15.4. The Hall–Kier alpha value is -1.64. The first-order valence-corrected chi connectivity index (χ1v) is 11.8. The van der Waals surface area contributed by atoms with Gasteiger partial charge in [0.15, 0.2) is 5.75 Å². The van der Waals surface area contributed by atoms with Gasteiger partial charge >= 0.3 is 0 Å². The van der Waals surface area contributed by atoms with Crippen LogP contribution >= 0.6 is 39.1 Å². The minimum Gasteiger partial charge on any atom is -0.496 e. The molecule has 1 amide bonds. The zero-order chi connectivity index (χ0) is 24.0. The smallest absolute Gasteiger partial charge is 0.255 e. The summed E-state index contributed by atoms with van der Waals surface area (Å²) in [6.07, 6.45) is -1.16. The molecular formula is C23H21BrCl2F3NO3. The Bertz CT molecular complexity index is 1060. The van der Waals surface area contributed by atoms with E-state index in [1.807, 2.05) is 0 Å². The van der Waals surface area contributed by atoms with Crippen LogP contribution in [0.2, 0.25) is 10.0 Å². The van der Waals surface area contributed by atoms with Gasteiger partial charge in [0.05, 0.1) is 29.3 Å². The fraction of sp³-hybridized carbons (Fsp3) is 0.435. The van der Waals surface area contributed by atoms with Gasteiger partial charge < -0.3 is 14.8 Å². The van der Waals surface area contributed by atoms with E-state index in [1.165, 1.54) is 19.2 Å². The van der Waals surface area contributed by atoms with Gasteiger partial charge in [-0.2, -0.15) is 0 Å². The Balaban J connectivity index is 1.52. The van der Waals surface area contributed by atoms with Crippen molar-refractivity contribution in [1.82, 2.24) is 5.32 Å². The van der Waals surface area contributed by atoms with Crippen LogP contribution in [-0.4, -0.2) is 36.6 Å². The molecule has 2 fully saturated rings. The molecule has 33 heavy (non-hydrogen) atoms. The molecule has 2 aromatic rings. The SMILES string of the molecule is COc1ccc(Oc2c(Cl)cc(Br)cc2Cl)cc1C(=O)NCC1(F)CC2(F)CCC(F)(C2)C1. The third kappa shape index (κ3) is 5.23. The van der Waals surface area contributed by atoms with E-state index in [2.05, 4.69) is 21.2 Å². The Morgan fingerprint density at radius 3 is 2.24 bits per heavy atom. The quantitative estimate of drug-likeness (QED) is 0.396. The molecule has 1 N–H and O–H groups in total. The summed E-state index contributed by atoms with van der Waals surface area (Å²) in [5, 5.41) is 2.97. The lowest BCUT2D eigenvalue weighted by Gasteiger charge is -2.39. The molecule has 2 aromatic carbocycles. The maximum Gasteiger partial charge on any atom is 0.255 e. The maximum atomic E-state index is 15.4. The van der Waals surface area contributed by atoms with Crippen molar-refractivity contribution in [2.45, 2.75) is 49.1 Å². The summed E-state index contributed by atoms with van der Waals surface area (Å²) in [5.41, 5.74) is -5.86. The van der Waals surface area contributed by atoms with E-state index in [0.29, 0.717) is 4.47 Å². The lowest BCUT2D eigenvalue weighted by Crippen LogP contribution is -2.51. The van der Waals surface area contributed by atoms with Crippen LogP contribution in [0, 0.1) is 0 Å². The Labute approximate surface area is 207 Å². The molecule has 0 saturated heterocycles. The van der Waals surface area contributed by atoms with Crippen LogP contribution in [0.25, 0.3) is 0 Å². The Kier molecular flexibility index (Phi) is 6.57. The number of hydrogen-bond acceptors (Lipinski definition) is 3. The normalized spacial score (nSPS) is 28.5. The van der Waals surface area contributed by atoms with Crippen molar-refractivity contribution < 1.29 is 27.4 Å². The van der Waals surface area contributed by atoms with Gasteiger partial charge in [0.2, 0.25) is 0 Å². The van der Waals surface area contributed by atoms with Crippen LogP contribution in [0.4, 0.5) is 13.2 Å². The standard InChI is InChI=1S/C23H21BrCl2F3NO3/c1-32-18-3-2-14(33-19-16(25)6-13(24)7-17(19)26)8-15(18)20(31)30-12-23(29)10-21(27)4-5-22(28,9-21)11-23/h2-3,6-8H,4-5,9-12H2,1H3,(H,30,31). The van der Waals surface area contributed by atoms with Crippen molar-refractivity contribution in [1.29, 1.82) is 0 Å². The van der Waals surface area contributed by atoms with E-state index < -0.39 is 42.3 Å². The summed E-state index contributed by atoms with van der Waals surface area (Å²) >= 11 is 15.7. The van der Waals surface area contributed by atoms with Gasteiger partial charge in [0.1, 0.15) is 28.5 Å². The molecule has 0 aliphatic heterocycles. The van der Waals surface area contributed by atoms with E-state index in [1.54, 1.807) is 18.2 Å². The number of methoxy groups -OCH3 is 1. The summed E-state index contributed by atoms with van der Waals surface area (Å²) in [4.78, 5) is 12.9. The van der Waals surface area contributed by atoms with Gasteiger partial charge in [-0.15, -0.1) is 0 Å². The van der Waals surface area contributed by atoms with Gasteiger partial charge in [-0.05, 0) is 43.2 Å². The monoisotopic (exact) mass is 565 g/mol. The van der Waals surface area contributed by atoms with Crippen LogP contribution < -0.4 is 14.8 Å². The van der Waals surface area contributed by atoms with Gasteiger partial charge in [-0.1, -0.05) is 39.1 Å². The highest BCUT2D eigenvalue weighted by molar-refractivity contribution is 9.10. The fourth-order valence-corrected chi connectivity index (χ4v) is 6.11. The molecule has 2 bridgehead atoms. The van der Waals surface area contributed by atoms with Gasteiger partial charge in [-0.25, -0.2) is 13.2 Å². The Morgan fingerprint density at radius 1 is 1.06 bits per heavy atom. The van der Waals surface area contributed by atoms with E-state index in [-0.39, 0.29) is 52.1 Å². The predicted molar refractivity (Wildman–Crippen MR) is 124 cm³/mol. The number of carbonyl (C=O) groups excluding carboxylic acids is 1. The van der Waals surface area contributed by atoms with Crippen molar-refractivity contribution >= 4 is 45.0 Å². The fourth-order valence-electron chi connectivity index (χ4n) is 4.82. The molecule has 4 nitrogen and oxygen atoms in total. The van der Waals surface area contributed by atoms with Gasteiger partial charge in [0, 0.05) is 23.7 Å². The first-order valence-electron chi connectivity index (χ1n) is 10.3. The molecule has 4 rings (SSSR count). The molecule has 0 radical (unpaired) electrons. The number of fused-ring (bicyclic) bond motifs is 2. The van der Waals surface area contributed by atoms with E-state index in [4.69, 9.17) is 32.7 Å². The third-order valence-corrected chi connectivity index (χ3v) is 7.11. The molecular weight excluding hydrogens is 546 g/mol. The van der Waals surface area contributed by atoms with Crippen LogP contribution in [-0.2, 0) is 0 Å². The molecule has 2 aliphatic rings. The van der Waals surface area contributed by atoms with Crippen LogP contribution in [0.15, 0.2) is 34.8 Å². The number of halogens is 6. The van der Waals surface area contributed by atoms with E-state index in [9.17, 15) is 13.6 Å². The zero-order valence-electron chi connectivity index (χ0n) is 17.6. The number of alkyl halides is 3. The lowest BCUT2D eigenvalue weighted by molar-refractivity contribution is -0.0435. The number of carbonyl (C=O) groups is 1. The highest BCUT2D eigenvalue weighted by Crippen LogP contribution is 2.56. The van der Waals surface area contributed by atoms with Crippen molar-refractivity contribution in [2.24, 2.45) is 0 Å². The van der Waals surface area contributed by atoms with Crippen molar-refractivity contribution in [3.8, 4) is 17.2 Å². The largest absolute Gasteiger partial charge is 0.496 e. The summed E-state index contributed by atoms with van der Waals surface area (Å²) in [6, 6.07) is 7.66. The number of ether oxygens (including phenoxy) is 2. The molecule has 0 heterocycles. The molecule has 0 aromatic heterocycles. The number of benzene rings is 2. The highest BCUT2D eigenvalue weighted by atomic mass is 79.9. The van der Waals surface area contributed by atoms with Crippen molar-refractivity contribution in [2.75, 3.05) is 13.7 Å². The molecule has 0 spiro atoms. The number of rotatable bonds is 6. The molecule has 2 unspecified atom stereocenters. The number of hydrogen-bond donors (Lipinski definition) is 1. The summed E-state index contributed by atoms with van der Waals surface area (Å²) in [6.45, 7) is -0.512. The molecule has 2 atom stereocenters. The Morgan fingerprint density at radius 2 is 1.67 bits per heavy atom. The van der Waals surface area contributed by atoms with Crippen LogP contribution in [0.3, 0.4) is 0 Å².